The predicted molar refractivity (Wildman–Crippen MR) is 108 cm³/mol. The van der Waals surface area contributed by atoms with Crippen molar-refractivity contribution in [3.05, 3.63) is 70.8 Å². The second-order valence-corrected chi connectivity index (χ2v) is 6.45. The molecule has 4 nitrogen and oxygen atoms in total. The second-order valence-electron chi connectivity index (χ2n) is 6.45. The van der Waals surface area contributed by atoms with Crippen LogP contribution in [0.25, 0.3) is 0 Å². The molecule has 0 saturated carbocycles. The molecule has 0 radical (unpaired) electrons. The number of hydrogen-bond donors (Lipinski definition) is 0. The molecule has 4 heteroatoms. The highest BCUT2D eigenvalue weighted by atomic mass is 15.1. The molecular formula is C21H28N4. The van der Waals surface area contributed by atoms with Gasteiger partial charge in [-0.25, -0.2) is 0 Å². The fraction of sp³-hybridized carbons (Fsp3) is 0.333. The van der Waals surface area contributed by atoms with Crippen LogP contribution in [0.3, 0.4) is 0 Å². The van der Waals surface area contributed by atoms with E-state index >= 15 is 0 Å². The minimum atomic E-state index is 0.918. The Kier molecular flexibility index (Phi) is 6.34. The van der Waals surface area contributed by atoms with Gasteiger partial charge in [-0.2, -0.15) is 0 Å². The Morgan fingerprint density at radius 2 is 0.960 bits per heavy atom. The van der Waals surface area contributed by atoms with Crippen molar-refractivity contribution in [3.8, 4) is 0 Å². The van der Waals surface area contributed by atoms with Crippen LogP contribution in [0.5, 0.6) is 0 Å². The summed E-state index contributed by atoms with van der Waals surface area (Å²) in [6, 6.07) is 17.3. The molecule has 0 saturated heterocycles. The van der Waals surface area contributed by atoms with Crippen LogP contribution in [0.1, 0.15) is 22.3 Å². The normalized spacial score (nSPS) is 12.2. The Hall–Kier alpha value is -2.62. The first-order chi connectivity index (χ1) is 12.0. The molecule has 25 heavy (non-hydrogen) atoms. The minimum Gasteiger partial charge on any atom is -0.363 e. The van der Waals surface area contributed by atoms with Crippen LogP contribution in [0.4, 0.5) is 0 Å². The molecule has 0 aliphatic rings. The Morgan fingerprint density at radius 3 is 1.20 bits per heavy atom. The van der Waals surface area contributed by atoms with Crippen LogP contribution in [0, 0.1) is 0 Å². The average molecular weight is 336 g/mol. The third-order valence-corrected chi connectivity index (χ3v) is 4.10. The standard InChI is InChI=1S/C21H28N4/c1-22-20(24(3)4)18-11-7-16(8-12-18)15-17-9-13-19(14-10-17)21(23-2)25(5)6/h7-14H,15H2,1-6H3. The molecule has 0 unspecified atom stereocenters. The van der Waals surface area contributed by atoms with E-state index in [4.69, 9.17) is 0 Å². The molecule has 132 valence electrons. The quantitative estimate of drug-likeness (QED) is 0.634. The van der Waals surface area contributed by atoms with Crippen molar-refractivity contribution in [2.45, 2.75) is 6.42 Å². The van der Waals surface area contributed by atoms with Crippen LogP contribution in [-0.2, 0) is 6.42 Å². The smallest absolute Gasteiger partial charge is 0.130 e. The maximum absolute atomic E-state index is 4.35. The van der Waals surface area contributed by atoms with Gasteiger partial charge in [-0.1, -0.05) is 48.5 Å². The number of rotatable bonds is 4. The lowest BCUT2D eigenvalue weighted by Crippen LogP contribution is -2.22. The van der Waals surface area contributed by atoms with Crippen molar-refractivity contribution in [1.82, 2.24) is 9.80 Å². The largest absolute Gasteiger partial charge is 0.363 e. The maximum Gasteiger partial charge on any atom is 0.130 e. The third-order valence-electron chi connectivity index (χ3n) is 4.10. The van der Waals surface area contributed by atoms with Crippen LogP contribution in [-0.4, -0.2) is 63.8 Å². The Morgan fingerprint density at radius 1 is 0.640 bits per heavy atom. The lowest BCUT2D eigenvalue weighted by atomic mass is 10.0. The van der Waals surface area contributed by atoms with Gasteiger partial charge in [0.1, 0.15) is 11.7 Å². The first-order valence-electron chi connectivity index (χ1n) is 8.43. The molecule has 0 aromatic heterocycles. The zero-order valence-corrected chi connectivity index (χ0v) is 16.1. The summed E-state index contributed by atoms with van der Waals surface area (Å²) in [5.41, 5.74) is 4.87. The number of amidine groups is 2. The Bertz CT molecular complexity index is 673. The molecular weight excluding hydrogens is 308 g/mol. The van der Waals surface area contributed by atoms with E-state index < -0.39 is 0 Å². The lowest BCUT2D eigenvalue weighted by molar-refractivity contribution is 0.622. The van der Waals surface area contributed by atoms with E-state index in [0.29, 0.717) is 0 Å². The lowest BCUT2D eigenvalue weighted by Gasteiger charge is -2.16. The number of nitrogens with zero attached hydrogens (tertiary/aromatic N) is 4. The third kappa shape index (κ3) is 4.69. The highest BCUT2D eigenvalue weighted by Crippen LogP contribution is 2.14. The fourth-order valence-electron chi connectivity index (χ4n) is 2.95. The van der Waals surface area contributed by atoms with Crippen molar-refractivity contribution >= 4 is 11.7 Å². The van der Waals surface area contributed by atoms with E-state index in [2.05, 4.69) is 58.5 Å². The molecule has 0 heterocycles. The van der Waals surface area contributed by atoms with Gasteiger partial charge in [0.2, 0.25) is 0 Å². The van der Waals surface area contributed by atoms with Crippen molar-refractivity contribution < 1.29 is 0 Å². The van der Waals surface area contributed by atoms with Crippen molar-refractivity contribution in [2.75, 3.05) is 42.3 Å². The summed E-state index contributed by atoms with van der Waals surface area (Å²) in [4.78, 5) is 12.8. The Labute approximate surface area is 151 Å². The molecule has 0 fully saturated rings. The van der Waals surface area contributed by atoms with Gasteiger partial charge in [0.15, 0.2) is 0 Å². The summed E-state index contributed by atoms with van der Waals surface area (Å²) in [6.07, 6.45) is 0.918. The number of benzene rings is 2. The molecule has 2 aromatic rings. The molecule has 2 aromatic carbocycles. The molecule has 0 bridgehead atoms. The summed E-state index contributed by atoms with van der Waals surface area (Å²) in [7, 11) is 11.7. The van der Waals surface area contributed by atoms with Gasteiger partial charge in [0.25, 0.3) is 0 Å². The van der Waals surface area contributed by atoms with E-state index in [0.717, 1.165) is 29.2 Å². The zero-order valence-electron chi connectivity index (χ0n) is 16.1. The SMILES string of the molecule is CN=C(c1ccc(Cc2ccc(C(=NC)N(C)C)cc2)cc1)N(C)C. The maximum atomic E-state index is 4.35. The first kappa shape index (κ1) is 18.7. The van der Waals surface area contributed by atoms with Gasteiger partial charge in [0, 0.05) is 53.4 Å². The summed E-state index contributed by atoms with van der Waals surface area (Å²) < 4.78 is 0. The van der Waals surface area contributed by atoms with E-state index in [1.165, 1.54) is 11.1 Å². The first-order valence-corrected chi connectivity index (χ1v) is 8.43. The predicted octanol–water partition coefficient (Wildman–Crippen LogP) is 3.15. The van der Waals surface area contributed by atoms with Crippen molar-refractivity contribution in [3.63, 3.8) is 0 Å². The average Bonchev–Trinajstić information content (AvgIpc) is 2.58. The van der Waals surface area contributed by atoms with Gasteiger partial charge < -0.3 is 9.80 Å². The topological polar surface area (TPSA) is 31.2 Å². The summed E-state index contributed by atoms with van der Waals surface area (Å²) in [5.74, 6) is 1.98. The van der Waals surface area contributed by atoms with Gasteiger partial charge in [-0.3, -0.25) is 9.98 Å². The summed E-state index contributed by atoms with van der Waals surface area (Å²) >= 11 is 0. The van der Waals surface area contributed by atoms with Gasteiger partial charge in [-0.05, 0) is 17.5 Å². The van der Waals surface area contributed by atoms with Crippen molar-refractivity contribution in [2.24, 2.45) is 9.98 Å². The summed E-state index contributed by atoms with van der Waals surface area (Å²) in [6.45, 7) is 0. The highest BCUT2D eigenvalue weighted by Gasteiger charge is 2.07. The number of hydrogen-bond acceptors (Lipinski definition) is 2. The summed E-state index contributed by atoms with van der Waals surface area (Å²) in [5, 5.41) is 0. The van der Waals surface area contributed by atoms with E-state index in [-0.39, 0.29) is 0 Å². The fourth-order valence-corrected chi connectivity index (χ4v) is 2.95. The molecule has 2 rings (SSSR count). The van der Waals surface area contributed by atoms with Crippen LogP contribution in [0.15, 0.2) is 58.5 Å². The van der Waals surface area contributed by atoms with Crippen LogP contribution < -0.4 is 0 Å². The second kappa shape index (κ2) is 8.47. The van der Waals surface area contributed by atoms with Gasteiger partial charge in [-0.15, -0.1) is 0 Å². The molecule has 0 aliphatic heterocycles. The van der Waals surface area contributed by atoms with E-state index in [1.807, 2.05) is 52.1 Å². The molecule has 0 spiro atoms. The molecule has 0 aliphatic carbocycles. The molecule has 0 N–H and O–H groups in total. The van der Waals surface area contributed by atoms with E-state index in [1.54, 1.807) is 0 Å². The zero-order chi connectivity index (χ0) is 18.4. The molecule has 0 amide bonds. The van der Waals surface area contributed by atoms with Crippen LogP contribution >= 0.6 is 0 Å². The monoisotopic (exact) mass is 336 g/mol. The number of aliphatic imine (C=N–C) groups is 2. The van der Waals surface area contributed by atoms with E-state index in [9.17, 15) is 0 Å². The van der Waals surface area contributed by atoms with Crippen LogP contribution in [0.2, 0.25) is 0 Å². The Balaban J connectivity index is 2.13. The van der Waals surface area contributed by atoms with Gasteiger partial charge >= 0.3 is 0 Å². The van der Waals surface area contributed by atoms with Crippen molar-refractivity contribution in [1.29, 1.82) is 0 Å². The molecule has 0 atom stereocenters. The minimum absolute atomic E-state index is 0.918. The highest BCUT2D eigenvalue weighted by molar-refractivity contribution is 5.99. The van der Waals surface area contributed by atoms with Gasteiger partial charge in [0.05, 0.1) is 0 Å².